The number of carboxylic acid groups (broad SMARTS) is 1. The van der Waals surface area contributed by atoms with E-state index in [1.165, 1.54) is 19.3 Å². The van der Waals surface area contributed by atoms with Crippen molar-refractivity contribution in [1.29, 1.82) is 0 Å². The topological polar surface area (TPSA) is 85.2 Å². The molecule has 1 aliphatic carbocycles. The van der Waals surface area contributed by atoms with Crippen molar-refractivity contribution >= 4 is 14.3 Å². The van der Waals surface area contributed by atoms with Crippen LogP contribution in [-0.4, -0.2) is 55.2 Å². The molecule has 0 radical (unpaired) electrons. The molecule has 2 aliphatic rings. The second kappa shape index (κ2) is 16.0. The molecule has 2 rings (SSSR count). The van der Waals surface area contributed by atoms with Crippen molar-refractivity contribution in [2.45, 2.75) is 167 Å². The van der Waals surface area contributed by atoms with Crippen LogP contribution in [-0.2, 0) is 18.7 Å². The minimum absolute atomic E-state index is 0.0127. The number of aliphatic hydroxyl groups is 1. The summed E-state index contributed by atoms with van der Waals surface area (Å²) >= 11 is 0. The average molecular weight is 569 g/mol. The van der Waals surface area contributed by atoms with Gasteiger partial charge in [-0.05, 0) is 94.7 Å². The number of rotatable bonds is 17. The quantitative estimate of drug-likeness (QED) is 0.104. The Morgan fingerprint density at radius 1 is 1.05 bits per heavy atom. The Kier molecular flexibility index (Phi) is 14.2. The van der Waals surface area contributed by atoms with Crippen LogP contribution in [0.4, 0.5) is 0 Å². The molecule has 0 aromatic rings. The van der Waals surface area contributed by atoms with Crippen LogP contribution in [0.2, 0.25) is 18.1 Å². The first kappa shape index (κ1) is 34.5. The number of unbranched alkanes of at least 4 members (excludes halogenated alkanes) is 3. The molecule has 7 heteroatoms. The molecule has 0 bridgehead atoms. The molecule has 6 nitrogen and oxygen atoms in total. The fourth-order valence-corrected chi connectivity index (χ4v) is 7.75. The van der Waals surface area contributed by atoms with Crippen LogP contribution in [0.25, 0.3) is 0 Å². The normalized spacial score (nSPS) is 28.2. The molecule has 1 saturated heterocycles. The second-order valence-corrected chi connectivity index (χ2v) is 18.6. The first-order valence-corrected chi connectivity index (χ1v) is 18.7. The van der Waals surface area contributed by atoms with Crippen molar-refractivity contribution in [3.8, 4) is 0 Å². The van der Waals surface area contributed by atoms with Crippen LogP contribution in [0.5, 0.6) is 0 Å². The third kappa shape index (κ3) is 11.6. The molecule has 1 saturated carbocycles. The van der Waals surface area contributed by atoms with Crippen molar-refractivity contribution in [3.63, 3.8) is 0 Å². The Balaban J connectivity index is 2.17. The Morgan fingerprint density at radius 2 is 1.79 bits per heavy atom. The Bertz CT molecular complexity index is 741. The molecule has 228 valence electrons. The number of aliphatic carboxylic acids is 1. The molecular formula is C32H60O6Si. The summed E-state index contributed by atoms with van der Waals surface area (Å²) in [6.45, 7) is 17.0. The van der Waals surface area contributed by atoms with E-state index in [-0.39, 0.29) is 41.3 Å². The average Bonchev–Trinajstić information content (AvgIpc) is 3.13. The van der Waals surface area contributed by atoms with Crippen molar-refractivity contribution in [1.82, 2.24) is 0 Å². The van der Waals surface area contributed by atoms with Gasteiger partial charge in [0, 0.05) is 19.4 Å². The van der Waals surface area contributed by atoms with Crippen molar-refractivity contribution in [2.24, 2.45) is 11.8 Å². The molecule has 2 N–H and O–H groups in total. The van der Waals surface area contributed by atoms with Crippen molar-refractivity contribution in [2.75, 3.05) is 6.61 Å². The molecule has 6 atom stereocenters. The zero-order valence-electron chi connectivity index (χ0n) is 26.2. The van der Waals surface area contributed by atoms with Gasteiger partial charge in [-0.25, -0.2) is 0 Å². The van der Waals surface area contributed by atoms with Gasteiger partial charge in [0.25, 0.3) is 0 Å². The van der Waals surface area contributed by atoms with Gasteiger partial charge in [0.15, 0.2) is 14.6 Å². The Hall–Kier alpha value is -0.733. The van der Waals surface area contributed by atoms with Crippen LogP contribution < -0.4 is 0 Å². The predicted molar refractivity (Wildman–Crippen MR) is 161 cm³/mol. The van der Waals surface area contributed by atoms with E-state index in [0.29, 0.717) is 12.8 Å². The van der Waals surface area contributed by atoms with Crippen LogP contribution in [0.3, 0.4) is 0 Å². The third-order valence-electron chi connectivity index (χ3n) is 9.42. The lowest BCUT2D eigenvalue weighted by Crippen LogP contribution is -2.49. The summed E-state index contributed by atoms with van der Waals surface area (Å²) in [6, 6.07) is 0. The lowest BCUT2D eigenvalue weighted by molar-refractivity contribution is -0.197. The van der Waals surface area contributed by atoms with Gasteiger partial charge in [-0.1, -0.05) is 59.1 Å². The number of carbonyl (C=O) groups is 1. The Morgan fingerprint density at radius 3 is 2.41 bits per heavy atom. The summed E-state index contributed by atoms with van der Waals surface area (Å²) in [7, 11) is -1.96. The van der Waals surface area contributed by atoms with E-state index in [1.54, 1.807) is 0 Å². The van der Waals surface area contributed by atoms with Gasteiger partial charge in [-0.15, -0.1) is 0 Å². The fraction of sp³-hybridized carbons (Fsp3) is 0.906. The van der Waals surface area contributed by atoms with Crippen LogP contribution in [0.1, 0.15) is 125 Å². The number of hydrogen-bond donors (Lipinski definition) is 2. The molecule has 39 heavy (non-hydrogen) atoms. The molecule has 2 fully saturated rings. The van der Waals surface area contributed by atoms with E-state index in [4.69, 9.17) is 19.0 Å². The van der Waals surface area contributed by atoms with Crippen LogP contribution in [0, 0.1) is 11.8 Å². The molecule has 0 spiro atoms. The maximum atomic E-state index is 11.2. The highest BCUT2D eigenvalue weighted by Crippen LogP contribution is 2.45. The highest BCUT2D eigenvalue weighted by atomic mass is 28.4. The van der Waals surface area contributed by atoms with Crippen molar-refractivity contribution < 1.29 is 28.9 Å². The summed E-state index contributed by atoms with van der Waals surface area (Å²) in [6.07, 6.45) is 16.4. The highest BCUT2D eigenvalue weighted by molar-refractivity contribution is 6.74. The van der Waals surface area contributed by atoms with Crippen LogP contribution in [0.15, 0.2) is 12.2 Å². The number of aliphatic hydroxyl groups excluding tert-OH is 1. The van der Waals surface area contributed by atoms with Crippen LogP contribution >= 0.6 is 0 Å². The molecular weight excluding hydrogens is 508 g/mol. The monoisotopic (exact) mass is 568 g/mol. The largest absolute Gasteiger partial charge is 0.481 e. The summed E-state index contributed by atoms with van der Waals surface area (Å²) in [5.74, 6) is -0.383. The summed E-state index contributed by atoms with van der Waals surface area (Å²) in [4.78, 5) is 10.8. The Labute approximate surface area is 240 Å². The first-order chi connectivity index (χ1) is 18.3. The van der Waals surface area contributed by atoms with Crippen molar-refractivity contribution in [3.05, 3.63) is 12.2 Å². The molecule has 0 amide bonds. The molecule has 3 unspecified atom stereocenters. The van der Waals surface area contributed by atoms with Gasteiger partial charge >= 0.3 is 5.97 Å². The number of hydrogen-bond acceptors (Lipinski definition) is 5. The highest BCUT2D eigenvalue weighted by Gasteiger charge is 2.46. The summed E-state index contributed by atoms with van der Waals surface area (Å²) < 4.78 is 19.6. The maximum Gasteiger partial charge on any atom is 0.303 e. The smallest absolute Gasteiger partial charge is 0.303 e. The minimum Gasteiger partial charge on any atom is -0.481 e. The van der Waals surface area contributed by atoms with E-state index >= 15 is 0 Å². The lowest BCUT2D eigenvalue weighted by Gasteiger charge is -2.45. The summed E-state index contributed by atoms with van der Waals surface area (Å²) in [5, 5.41) is 20.2. The molecule has 0 aromatic carbocycles. The predicted octanol–water partition coefficient (Wildman–Crippen LogP) is 8.24. The van der Waals surface area contributed by atoms with E-state index in [9.17, 15) is 9.90 Å². The third-order valence-corrected chi connectivity index (χ3v) is 14.0. The van der Waals surface area contributed by atoms with Gasteiger partial charge in [0.1, 0.15) is 0 Å². The second-order valence-electron chi connectivity index (χ2n) is 13.9. The first-order valence-electron chi connectivity index (χ1n) is 15.8. The molecule has 1 aliphatic heterocycles. The van der Waals surface area contributed by atoms with Gasteiger partial charge in [0.05, 0.1) is 17.8 Å². The fourth-order valence-electron chi connectivity index (χ4n) is 6.01. The van der Waals surface area contributed by atoms with Gasteiger partial charge in [-0.2, -0.15) is 0 Å². The van der Waals surface area contributed by atoms with E-state index in [2.05, 4.69) is 59.9 Å². The van der Waals surface area contributed by atoms with E-state index in [0.717, 1.165) is 58.0 Å². The zero-order valence-corrected chi connectivity index (χ0v) is 27.2. The van der Waals surface area contributed by atoms with E-state index in [1.807, 2.05) is 0 Å². The van der Waals surface area contributed by atoms with Gasteiger partial charge < -0.3 is 24.1 Å². The molecule has 1 heterocycles. The van der Waals surface area contributed by atoms with Gasteiger partial charge in [0.2, 0.25) is 0 Å². The maximum absolute atomic E-state index is 11.2. The summed E-state index contributed by atoms with van der Waals surface area (Å²) in [5.41, 5.74) is -0.186. The molecule has 0 aromatic heterocycles. The van der Waals surface area contributed by atoms with E-state index < -0.39 is 20.4 Å². The SMILES string of the molecule is CCCCCC(C)(CC[C@H]1C(OC2CCCCO2)C[C@H](O)[C@@H]1C/C=C\CCCC(=O)O)O[Si](C)(C)C(C)(C)C. The minimum atomic E-state index is -1.96. The standard InChI is InChI=1S/C32H60O6Si/c1-8-9-15-21-32(5,38-39(6,7)31(2,3)4)22-20-26-25(17-12-10-11-13-18-29(34)35)27(33)24-28(26)37-30-19-14-16-23-36-30/h10,12,25-28,30,33H,8-9,11,13-24H2,1-7H3,(H,34,35)/b12-10-/t25-,26-,27+,28?,30?,32?/m1/s1. The number of ether oxygens (including phenoxy) is 2. The van der Waals surface area contributed by atoms with Gasteiger partial charge in [-0.3, -0.25) is 4.79 Å². The number of carboxylic acids is 1. The number of allylic oxidation sites excluding steroid dienone is 2. The lowest BCUT2D eigenvalue weighted by atomic mass is 9.82. The zero-order chi connectivity index (χ0) is 29.1.